The van der Waals surface area contributed by atoms with E-state index in [1.165, 1.54) is 18.4 Å². The van der Waals surface area contributed by atoms with Crippen molar-refractivity contribution < 1.29 is 4.74 Å². The topological polar surface area (TPSA) is 47.0 Å². The molecule has 20 heavy (non-hydrogen) atoms. The second-order valence-corrected chi connectivity index (χ2v) is 5.43. The van der Waals surface area contributed by atoms with Crippen LogP contribution in [0.5, 0.6) is 11.6 Å². The third-order valence-electron chi connectivity index (χ3n) is 3.23. The zero-order chi connectivity index (χ0) is 13.9. The van der Waals surface area contributed by atoms with Gasteiger partial charge < -0.3 is 10.1 Å². The highest BCUT2D eigenvalue weighted by molar-refractivity contribution is 6.30. The van der Waals surface area contributed by atoms with Crippen LogP contribution >= 0.6 is 11.6 Å². The molecule has 5 heteroatoms. The maximum absolute atomic E-state index is 5.87. The molecular weight excluding hydrogens is 274 g/mol. The molecule has 0 spiro atoms. The fourth-order valence-electron chi connectivity index (χ4n) is 1.92. The van der Waals surface area contributed by atoms with Crippen molar-refractivity contribution in [2.45, 2.75) is 32.4 Å². The quantitative estimate of drug-likeness (QED) is 0.915. The van der Waals surface area contributed by atoms with Crippen molar-refractivity contribution in [3.05, 3.63) is 46.9 Å². The molecule has 2 aromatic heterocycles. The van der Waals surface area contributed by atoms with Crippen LogP contribution in [0.1, 0.15) is 24.1 Å². The van der Waals surface area contributed by atoms with Crippen molar-refractivity contribution in [1.29, 1.82) is 0 Å². The number of aromatic nitrogens is 2. The van der Waals surface area contributed by atoms with Crippen LogP contribution in [0.15, 0.2) is 30.6 Å². The van der Waals surface area contributed by atoms with Gasteiger partial charge in [0.15, 0.2) is 0 Å². The Labute approximate surface area is 123 Å². The molecule has 2 aromatic rings. The molecule has 0 aliphatic heterocycles. The summed E-state index contributed by atoms with van der Waals surface area (Å²) < 4.78 is 5.65. The molecule has 1 fully saturated rings. The molecule has 0 amide bonds. The third kappa shape index (κ3) is 3.46. The van der Waals surface area contributed by atoms with Gasteiger partial charge in [0, 0.05) is 36.6 Å². The van der Waals surface area contributed by atoms with Crippen LogP contribution in [-0.2, 0) is 6.54 Å². The van der Waals surface area contributed by atoms with Gasteiger partial charge in [-0.1, -0.05) is 17.7 Å². The normalized spacial score (nSPS) is 14.3. The van der Waals surface area contributed by atoms with Crippen molar-refractivity contribution in [3.63, 3.8) is 0 Å². The second-order valence-electron chi connectivity index (χ2n) is 4.99. The number of halogens is 1. The first-order valence-electron chi connectivity index (χ1n) is 6.69. The molecule has 1 aliphatic carbocycles. The molecule has 1 aliphatic rings. The van der Waals surface area contributed by atoms with Gasteiger partial charge >= 0.3 is 0 Å². The van der Waals surface area contributed by atoms with Crippen LogP contribution in [0, 0.1) is 6.92 Å². The number of hydrogen-bond donors (Lipinski definition) is 1. The highest BCUT2D eigenvalue weighted by atomic mass is 35.5. The SMILES string of the molecule is Cc1nc(Oc2cncc(Cl)c2)ccc1CNC1CC1. The Morgan fingerprint density at radius 3 is 2.90 bits per heavy atom. The second kappa shape index (κ2) is 5.77. The van der Waals surface area contributed by atoms with Gasteiger partial charge in [0.2, 0.25) is 5.88 Å². The lowest BCUT2D eigenvalue weighted by atomic mass is 10.2. The van der Waals surface area contributed by atoms with E-state index >= 15 is 0 Å². The Morgan fingerprint density at radius 1 is 1.35 bits per heavy atom. The molecule has 0 radical (unpaired) electrons. The third-order valence-corrected chi connectivity index (χ3v) is 3.44. The summed E-state index contributed by atoms with van der Waals surface area (Å²) in [5.41, 5.74) is 2.18. The van der Waals surface area contributed by atoms with Crippen LogP contribution in [0.25, 0.3) is 0 Å². The minimum Gasteiger partial charge on any atom is -0.437 e. The molecule has 0 atom stereocenters. The zero-order valence-electron chi connectivity index (χ0n) is 11.3. The molecule has 104 valence electrons. The van der Waals surface area contributed by atoms with Crippen LogP contribution in [0.2, 0.25) is 5.02 Å². The Bertz CT molecular complexity index is 614. The molecule has 0 aromatic carbocycles. The monoisotopic (exact) mass is 289 g/mol. The van der Waals surface area contributed by atoms with Gasteiger partial charge in [0.1, 0.15) is 5.75 Å². The maximum atomic E-state index is 5.87. The lowest BCUT2D eigenvalue weighted by molar-refractivity contribution is 0.458. The highest BCUT2D eigenvalue weighted by Crippen LogP contribution is 2.23. The van der Waals surface area contributed by atoms with E-state index in [9.17, 15) is 0 Å². The number of aryl methyl sites for hydroxylation is 1. The van der Waals surface area contributed by atoms with Crippen LogP contribution < -0.4 is 10.1 Å². The predicted molar refractivity (Wildman–Crippen MR) is 78.2 cm³/mol. The first kappa shape index (κ1) is 13.3. The molecule has 2 heterocycles. The lowest BCUT2D eigenvalue weighted by Gasteiger charge is -2.09. The van der Waals surface area contributed by atoms with E-state index in [-0.39, 0.29) is 0 Å². The smallest absolute Gasteiger partial charge is 0.219 e. The lowest BCUT2D eigenvalue weighted by Crippen LogP contribution is -2.16. The Morgan fingerprint density at radius 2 is 2.20 bits per heavy atom. The van der Waals surface area contributed by atoms with E-state index in [0.717, 1.165) is 12.2 Å². The van der Waals surface area contributed by atoms with Crippen LogP contribution in [0.4, 0.5) is 0 Å². The van der Waals surface area contributed by atoms with Crippen molar-refractivity contribution in [2.24, 2.45) is 0 Å². The first-order chi connectivity index (χ1) is 9.70. The molecule has 4 nitrogen and oxygen atoms in total. The van der Waals surface area contributed by atoms with Gasteiger partial charge in [-0.2, -0.15) is 0 Å². The van der Waals surface area contributed by atoms with E-state index < -0.39 is 0 Å². The maximum Gasteiger partial charge on any atom is 0.219 e. The summed E-state index contributed by atoms with van der Waals surface area (Å²) in [5.74, 6) is 1.15. The molecule has 3 rings (SSSR count). The van der Waals surface area contributed by atoms with E-state index in [0.29, 0.717) is 22.7 Å². The molecule has 1 saturated carbocycles. The highest BCUT2D eigenvalue weighted by Gasteiger charge is 2.20. The average molecular weight is 290 g/mol. The van der Waals surface area contributed by atoms with Crippen molar-refractivity contribution in [3.8, 4) is 11.6 Å². The fourth-order valence-corrected chi connectivity index (χ4v) is 2.09. The summed E-state index contributed by atoms with van der Waals surface area (Å²) in [6.07, 6.45) is 5.76. The zero-order valence-corrected chi connectivity index (χ0v) is 12.0. The van der Waals surface area contributed by atoms with E-state index in [4.69, 9.17) is 16.3 Å². The van der Waals surface area contributed by atoms with Gasteiger partial charge in [-0.3, -0.25) is 4.98 Å². The number of pyridine rings is 2. The summed E-state index contributed by atoms with van der Waals surface area (Å²) in [5, 5.41) is 4.03. The van der Waals surface area contributed by atoms with Gasteiger partial charge in [0.25, 0.3) is 0 Å². The fraction of sp³-hybridized carbons (Fsp3) is 0.333. The van der Waals surface area contributed by atoms with E-state index in [2.05, 4.69) is 15.3 Å². The number of nitrogens with one attached hydrogen (secondary N) is 1. The van der Waals surface area contributed by atoms with Gasteiger partial charge in [0.05, 0.1) is 11.2 Å². The standard InChI is InChI=1S/C15H16ClN3O/c1-10-11(7-18-13-3-4-13)2-5-15(19-10)20-14-6-12(16)8-17-9-14/h2,5-6,8-9,13,18H,3-4,7H2,1H3. The van der Waals surface area contributed by atoms with E-state index in [1.54, 1.807) is 18.5 Å². The number of hydrogen-bond acceptors (Lipinski definition) is 4. The average Bonchev–Trinajstić information content (AvgIpc) is 3.22. The summed E-state index contributed by atoms with van der Waals surface area (Å²) >= 11 is 5.87. The van der Waals surface area contributed by atoms with Gasteiger partial charge in [-0.25, -0.2) is 4.98 Å². The largest absolute Gasteiger partial charge is 0.437 e. The van der Waals surface area contributed by atoms with Crippen molar-refractivity contribution in [2.75, 3.05) is 0 Å². The van der Waals surface area contributed by atoms with Crippen LogP contribution in [-0.4, -0.2) is 16.0 Å². The first-order valence-corrected chi connectivity index (χ1v) is 7.07. The van der Waals surface area contributed by atoms with Gasteiger partial charge in [-0.15, -0.1) is 0 Å². The summed E-state index contributed by atoms with van der Waals surface area (Å²) in [6.45, 7) is 2.86. The molecule has 0 unspecified atom stereocenters. The Kier molecular flexibility index (Phi) is 3.85. The van der Waals surface area contributed by atoms with Gasteiger partial charge in [-0.05, 0) is 25.3 Å². The number of ether oxygens (including phenoxy) is 1. The van der Waals surface area contributed by atoms with E-state index in [1.807, 2.05) is 19.1 Å². The molecular formula is C15H16ClN3O. The molecule has 0 bridgehead atoms. The molecule has 1 N–H and O–H groups in total. The minimum absolute atomic E-state index is 0.546. The molecule has 0 saturated heterocycles. The Balaban J connectivity index is 1.69. The predicted octanol–water partition coefficient (Wildman–Crippen LogP) is 3.48. The van der Waals surface area contributed by atoms with Crippen molar-refractivity contribution in [1.82, 2.24) is 15.3 Å². The number of rotatable bonds is 5. The summed E-state index contributed by atoms with van der Waals surface area (Å²) in [4.78, 5) is 8.44. The van der Waals surface area contributed by atoms with Crippen molar-refractivity contribution >= 4 is 11.6 Å². The summed E-state index contributed by atoms with van der Waals surface area (Å²) in [6, 6.07) is 6.33. The number of nitrogens with zero attached hydrogens (tertiary/aromatic N) is 2. The Hall–Kier alpha value is -1.65. The minimum atomic E-state index is 0.546. The summed E-state index contributed by atoms with van der Waals surface area (Å²) in [7, 11) is 0. The van der Waals surface area contributed by atoms with Crippen LogP contribution in [0.3, 0.4) is 0 Å².